The third-order valence-corrected chi connectivity index (χ3v) is 5.76. The standard InChI is InChI=1S/C11H16BrClN2O4S/c1-15(5-8(16)6-19-2)20(17,18)10-4-7(13)3-9(14)11(10)12/h3-4,8,16H,5-6,14H2,1-2H3. The summed E-state index contributed by atoms with van der Waals surface area (Å²) in [6.07, 6.45) is -0.921. The summed E-state index contributed by atoms with van der Waals surface area (Å²) in [6, 6.07) is 2.75. The van der Waals surface area contributed by atoms with Crippen molar-refractivity contribution in [2.75, 3.05) is 33.0 Å². The van der Waals surface area contributed by atoms with Crippen LogP contribution >= 0.6 is 27.5 Å². The van der Waals surface area contributed by atoms with Gasteiger partial charge in [-0.1, -0.05) is 11.6 Å². The number of hydrogen-bond donors (Lipinski definition) is 2. The Bertz CT molecular complexity index is 582. The van der Waals surface area contributed by atoms with E-state index >= 15 is 0 Å². The van der Waals surface area contributed by atoms with Crippen molar-refractivity contribution in [1.29, 1.82) is 0 Å². The Labute approximate surface area is 131 Å². The van der Waals surface area contributed by atoms with Crippen LogP contribution in [0.2, 0.25) is 5.02 Å². The van der Waals surface area contributed by atoms with Gasteiger partial charge >= 0.3 is 0 Å². The van der Waals surface area contributed by atoms with Crippen LogP contribution in [0.1, 0.15) is 0 Å². The highest BCUT2D eigenvalue weighted by molar-refractivity contribution is 9.10. The lowest BCUT2D eigenvalue weighted by Gasteiger charge is -2.21. The monoisotopic (exact) mass is 386 g/mol. The topological polar surface area (TPSA) is 92.9 Å². The second kappa shape index (κ2) is 7.06. The first-order valence-electron chi connectivity index (χ1n) is 5.58. The lowest BCUT2D eigenvalue weighted by atomic mass is 10.3. The Morgan fingerprint density at radius 2 is 2.15 bits per heavy atom. The summed E-state index contributed by atoms with van der Waals surface area (Å²) >= 11 is 8.97. The lowest BCUT2D eigenvalue weighted by molar-refractivity contribution is 0.0554. The Hall–Kier alpha value is -0.380. The molecule has 0 spiro atoms. The number of nitrogen functional groups attached to an aromatic ring is 1. The molecule has 3 N–H and O–H groups in total. The van der Waals surface area contributed by atoms with Gasteiger partial charge in [-0.05, 0) is 28.1 Å². The van der Waals surface area contributed by atoms with Crippen LogP contribution in [-0.2, 0) is 14.8 Å². The first kappa shape index (κ1) is 17.7. The number of sulfonamides is 1. The second-order valence-electron chi connectivity index (χ2n) is 4.20. The van der Waals surface area contributed by atoms with Crippen LogP contribution in [0.15, 0.2) is 21.5 Å². The molecule has 0 aliphatic carbocycles. The molecule has 0 fully saturated rings. The molecule has 0 radical (unpaired) electrons. The number of aliphatic hydroxyl groups is 1. The predicted molar refractivity (Wildman–Crippen MR) is 81.3 cm³/mol. The molecular formula is C11H16BrClN2O4S. The van der Waals surface area contributed by atoms with Crippen molar-refractivity contribution in [2.45, 2.75) is 11.0 Å². The molecule has 114 valence electrons. The van der Waals surface area contributed by atoms with Gasteiger partial charge in [-0.3, -0.25) is 0 Å². The summed E-state index contributed by atoms with van der Waals surface area (Å²) in [5.74, 6) is 0. The van der Waals surface area contributed by atoms with Crippen LogP contribution in [0.25, 0.3) is 0 Å². The largest absolute Gasteiger partial charge is 0.398 e. The van der Waals surface area contributed by atoms with Gasteiger partial charge in [0.1, 0.15) is 0 Å². The van der Waals surface area contributed by atoms with Gasteiger partial charge in [-0.2, -0.15) is 4.31 Å². The maximum atomic E-state index is 12.4. The molecule has 1 atom stereocenters. The quantitative estimate of drug-likeness (QED) is 0.718. The molecule has 0 saturated heterocycles. The van der Waals surface area contributed by atoms with Crippen molar-refractivity contribution < 1.29 is 18.3 Å². The average molecular weight is 388 g/mol. The number of nitrogens with zero attached hydrogens (tertiary/aromatic N) is 1. The van der Waals surface area contributed by atoms with E-state index in [-0.39, 0.29) is 33.2 Å². The number of halogens is 2. The minimum absolute atomic E-state index is 0.0404. The summed E-state index contributed by atoms with van der Waals surface area (Å²) in [6.45, 7) is -0.0618. The zero-order valence-corrected chi connectivity index (χ0v) is 14.2. The number of hydrogen-bond acceptors (Lipinski definition) is 5. The fourth-order valence-electron chi connectivity index (χ4n) is 1.58. The second-order valence-corrected chi connectivity index (χ2v) is 7.44. The van der Waals surface area contributed by atoms with Crippen LogP contribution in [0.3, 0.4) is 0 Å². The fourth-order valence-corrected chi connectivity index (χ4v) is 4.04. The van der Waals surface area contributed by atoms with Gasteiger partial charge in [0, 0.05) is 31.4 Å². The number of nitrogens with two attached hydrogens (primary N) is 1. The van der Waals surface area contributed by atoms with Crippen molar-refractivity contribution >= 4 is 43.2 Å². The molecule has 0 saturated carbocycles. The van der Waals surface area contributed by atoms with Gasteiger partial charge in [0.25, 0.3) is 0 Å². The van der Waals surface area contributed by atoms with Crippen LogP contribution in [-0.4, -0.2) is 51.2 Å². The molecule has 0 aromatic heterocycles. The highest BCUT2D eigenvalue weighted by Gasteiger charge is 2.26. The molecule has 1 aromatic rings. The van der Waals surface area contributed by atoms with E-state index in [1.165, 1.54) is 26.3 Å². The van der Waals surface area contributed by atoms with Gasteiger partial charge in [0.15, 0.2) is 0 Å². The first-order valence-corrected chi connectivity index (χ1v) is 8.19. The number of rotatable bonds is 6. The zero-order valence-electron chi connectivity index (χ0n) is 11.0. The van der Waals surface area contributed by atoms with Crippen molar-refractivity contribution in [2.24, 2.45) is 0 Å². The average Bonchev–Trinajstić information content (AvgIpc) is 2.33. The number of anilines is 1. The predicted octanol–water partition coefficient (Wildman–Crippen LogP) is 1.31. The Morgan fingerprint density at radius 1 is 1.55 bits per heavy atom. The summed E-state index contributed by atoms with van der Waals surface area (Å²) in [7, 11) is -1.04. The van der Waals surface area contributed by atoms with Crippen LogP contribution in [0.4, 0.5) is 5.69 Å². The summed E-state index contributed by atoms with van der Waals surface area (Å²) < 4.78 is 30.9. The molecule has 1 aromatic carbocycles. The minimum Gasteiger partial charge on any atom is -0.398 e. The van der Waals surface area contributed by atoms with Gasteiger partial charge in [-0.15, -0.1) is 0 Å². The third kappa shape index (κ3) is 4.06. The lowest BCUT2D eigenvalue weighted by Crippen LogP contribution is -2.36. The zero-order chi connectivity index (χ0) is 15.5. The molecule has 0 aliphatic heterocycles. The number of methoxy groups -OCH3 is 1. The van der Waals surface area contributed by atoms with Gasteiger partial charge in [0.05, 0.1) is 22.1 Å². The smallest absolute Gasteiger partial charge is 0.244 e. The van der Waals surface area contributed by atoms with Gasteiger partial charge in [0.2, 0.25) is 10.0 Å². The van der Waals surface area contributed by atoms with Crippen molar-refractivity contribution in [1.82, 2.24) is 4.31 Å². The number of benzene rings is 1. The number of aliphatic hydroxyl groups excluding tert-OH is 1. The van der Waals surface area contributed by atoms with E-state index in [0.29, 0.717) is 0 Å². The van der Waals surface area contributed by atoms with E-state index in [2.05, 4.69) is 15.9 Å². The normalized spacial score (nSPS) is 13.7. The fraction of sp³-hybridized carbons (Fsp3) is 0.455. The first-order chi connectivity index (χ1) is 9.20. The van der Waals surface area contributed by atoms with Crippen LogP contribution in [0.5, 0.6) is 0 Å². The summed E-state index contributed by atoms with van der Waals surface area (Å²) in [4.78, 5) is -0.0467. The number of ether oxygens (including phenoxy) is 1. The van der Waals surface area contributed by atoms with E-state index in [4.69, 9.17) is 22.1 Å². The van der Waals surface area contributed by atoms with Gasteiger partial charge in [-0.25, -0.2) is 8.42 Å². The van der Waals surface area contributed by atoms with Crippen LogP contribution < -0.4 is 5.73 Å². The van der Waals surface area contributed by atoms with E-state index in [1.807, 2.05) is 0 Å². The van der Waals surface area contributed by atoms with Crippen molar-refractivity contribution in [3.8, 4) is 0 Å². The molecule has 0 bridgehead atoms. The highest BCUT2D eigenvalue weighted by Crippen LogP contribution is 2.32. The van der Waals surface area contributed by atoms with E-state index in [0.717, 1.165) is 4.31 Å². The van der Waals surface area contributed by atoms with Crippen molar-refractivity contribution in [3.05, 3.63) is 21.6 Å². The van der Waals surface area contributed by atoms with Gasteiger partial charge < -0.3 is 15.6 Å². The van der Waals surface area contributed by atoms with E-state index in [9.17, 15) is 13.5 Å². The maximum absolute atomic E-state index is 12.4. The summed E-state index contributed by atoms with van der Waals surface area (Å²) in [5.41, 5.74) is 5.91. The molecule has 9 heteroatoms. The molecule has 20 heavy (non-hydrogen) atoms. The molecular weight excluding hydrogens is 372 g/mol. The highest BCUT2D eigenvalue weighted by atomic mass is 79.9. The molecule has 1 unspecified atom stereocenters. The Morgan fingerprint density at radius 3 is 2.70 bits per heavy atom. The van der Waals surface area contributed by atoms with Crippen molar-refractivity contribution in [3.63, 3.8) is 0 Å². The Kier molecular flexibility index (Phi) is 6.24. The summed E-state index contributed by atoms with van der Waals surface area (Å²) in [5, 5.41) is 9.83. The minimum atomic E-state index is -3.82. The van der Waals surface area contributed by atoms with E-state index in [1.54, 1.807) is 0 Å². The Balaban J connectivity index is 3.11. The maximum Gasteiger partial charge on any atom is 0.244 e. The SMILES string of the molecule is COCC(O)CN(C)S(=O)(=O)c1cc(Cl)cc(N)c1Br. The molecule has 0 aliphatic rings. The molecule has 1 rings (SSSR count). The van der Waals surface area contributed by atoms with E-state index < -0.39 is 16.1 Å². The molecule has 0 heterocycles. The number of likely N-dealkylation sites (N-methyl/N-ethyl adjacent to an activating group) is 1. The molecule has 0 amide bonds. The van der Waals surface area contributed by atoms with Crippen LogP contribution in [0, 0.1) is 0 Å². The molecule has 6 nitrogen and oxygen atoms in total. The third-order valence-electron chi connectivity index (χ3n) is 2.55.